The molecule has 3 amide bonds. The Balaban J connectivity index is 1.56. The highest BCUT2D eigenvalue weighted by Crippen LogP contribution is 2.25. The molecule has 182 valence electrons. The van der Waals surface area contributed by atoms with E-state index >= 15 is 0 Å². The van der Waals surface area contributed by atoms with Crippen LogP contribution < -0.4 is 21.3 Å². The minimum absolute atomic E-state index is 0.135. The third-order valence-electron chi connectivity index (χ3n) is 5.15. The first kappa shape index (κ1) is 24.0. The number of carboxylic acids is 1. The second-order valence-electron chi connectivity index (χ2n) is 7.66. The molecular formula is C26H24N6O4. The number of urea groups is 1. The molecule has 0 radical (unpaired) electrons. The highest BCUT2D eigenvalue weighted by atomic mass is 16.4. The molecule has 10 heteroatoms. The van der Waals surface area contributed by atoms with Crippen molar-refractivity contribution in [2.45, 2.75) is 6.92 Å². The first-order valence-corrected chi connectivity index (χ1v) is 11.1. The fraction of sp³-hybridized carbons (Fsp3) is 0.0769. The summed E-state index contributed by atoms with van der Waals surface area (Å²) in [7, 11) is 0. The van der Waals surface area contributed by atoms with Gasteiger partial charge in [-0.15, -0.1) is 0 Å². The molecule has 0 bridgehead atoms. The maximum atomic E-state index is 13.1. The first-order valence-electron chi connectivity index (χ1n) is 11.1. The Kier molecular flexibility index (Phi) is 7.25. The van der Waals surface area contributed by atoms with E-state index in [1.165, 1.54) is 12.3 Å². The van der Waals surface area contributed by atoms with Crippen molar-refractivity contribution in [3.8, 4) is 5.69 Å². The van der Waals surface area contributed by atoms with Crippen LogP contribution in [0.15, 0.2) is 85.2 Å². The number of carboxylic acid groups (broad SMARTS) is 1. The summed E-state index contributed by atoms with van der Waals surface area (Å²) in [6, 6.07) is 20.4. The lowest BCUT2D eigenvalue weighted by Crippen LogP contribution is -2.28. The molecule has 0 aliphatic carbocycles. The largest absolute Gasteiger partial charge is 0.477 e. The zero-order valence-corrected chi connectivity index (χ0v) is 19.4. The molecular weight excluding hydrogens is 460 g/mol. The predicted octanol–water partition coefficient (Wildman–Crippen LogP) is 4.71. The van der Waals surface area contributed by atoms with E-state index in [0.717, 1.165) is 5.69 Å². The van der Waals surface area contributed by atoms with Crippen molar-refractivity contribution in [3.63, 3.8) is 0 Å². The average Bonchev–Trinajstić information content (AvgIpc) is 3.36. The molecule has 4 aromatic rings. The lowest BCUT2D eigenvalue weighted by molar-refractivity contribution is 0.0688. The summed E-state index contributed by atoms with van der Waals surface area (Å²) >= 11 is 0. The normalized spacial score (nSPS) is 10.4. The average molecular weight is 485 g/mol. The Hall–Kier alpha value is -5.12. The van der Waals surface area contributed by atoms with Crippen LogP contribution in [0.5, 0.6) is 0 Å². The number of nitrogens with one attached hydrogen (secondary N) is 4. The zero-order chi connectivity index (χ0) is 25.5. The van der Waals surface area contributed by atoms with Gasteiger partial charge in [-0.3, -0.25) is 10.1 Å². The van der Waals surface area contributed by atoms with Gasteiger partial charge in [0.2, 0.25) is 0 Å². The van der Waals surface area contributed by atoms with Crippen LogP contribution in [0.4, 0.5) is 27.7 Å². The van der Waals surface area contributed by atoms with Crippen LogP contribution >= 0.6 is 0 Å². The number of hydrogen-bond acceptors (Lipinski definition) is 5. The SMILES string of the molecule is CCNC(=O)Nc1cc(Nc2ccccc2)c(C(=O)Nc2ccc(-n3cccc3C(=O)O)cc2)cn1. The Labute approximate surface area is 207 Å². The molecule has 0 saturated carbocycles. The van der Waals surface area contributed by atoms with Gasteiger partial charge in [0.15, 0.2) is 0 Å². The third-order valence-corrected chi connectivity index (χ3v) is 5.15. The van der Waals surface area contributed by atoms with E-state index in [2.05, 4.69) is 26.3 Å². The number of benzene rings is 2. The van der Waals surface area contributed by atoms with E-state index in [0.29, 0.717) is 23.6 Å². The van der Waals surface area contributed by atoms with E-state index < -0.39 is 17.9 Å². The molecule has 2 heterocycles. The second-order valence-corrected chi connectivity index (χ2v) is 7.66. The minimum Gasteiger partial charge on any atom is -0.477 e. The number of amides is 3. The van der Waals surface area contributed by atoms with Gasteiger partial charge < -0.3 is 25.6 Å². The minimum atomic E-state index is -1.03. The Morgan fingerprint density at radius 2 is 1.67 bits per heavy atom. The smallest absolute Gasteiger partial charge is 0.352 e. The fourth-order valence-corrected chi connectivity index (χ4v) is 3.49. The number of aromatic carboxylic acids is 1. The molecule has 10 nitrogen and oxygen atoms in total. The van der Waals surface area contributed by atoms with Crippen molar-refractivity contribution in [3.05, 3.63) is 96.4 Å². The summed E-state index contributed by atoms with van der Waals surface area (Å²) < 4.78 is 1.54. The lowest BCUT2D eigenvalue weighted by Gasteiger charge is -2.14. The van der Waals surface area contributed by atoms with Gasteiger partial charge in [0.1, 0.15) is 11.5 Å². The predicted molar refractivity (Wildman–Crippen MR) is 137 cm³/mol. The topological polar surface area (TPSA) is 137 Å². The first-order chi connectivity index (χ1) is 17.4. The number of pyridine rings is 1. The summed E-state index contributed by atoms with van der Waals surface area (Å²) in [5, 5.41) is 20.6. The Bertz CT molecular complexity index is 1380. The number of carbonyl (C=O) groups is 3. The van der Waals surface area contributed by atoms with Crippen molar-refractivity contribution in [2.24, 2.45) is 0 Å². The van der Waals surface area contributed by atoms with Crippen LogP contribution in [0.3, 0.4) is 0 Å². The van der Waals surface area contributed by atoms with Crippen molar-refractivity contribution in [1.29, 1.82) is 0 Å². The van der Waals surface area contributed by atoms with Gasteiger partial charge in [-0.25, -0.2) is 14.6 Å². The van der Waals surface area contributed by atoms with Gasteiger partial charge in [0.05, 0.1) is 11.3 Å². The van der Waals surface area contributed by atoms with E-state index in [9.17, 15) is 19.5 Å². The molecule has 0 aliphatic heterocycles. The van der Waals surface area contributed by atoms with Crippen molar-refractivity contribution < 1.29 is 19.5 Å². The molecule has 0 saturated heterocycles. The summed E-state index contributed by atoms with van der Waals surface area (Å²) in [6.07, 6.45) is 3.04. The number of carbonyl (C=O) groups excluding carboxylic acids is 2. The molecule has 0 unspecified atom stereocenters. The maximum absolute atomic E-state index is 13.1. The number of aromatic nitrogens is 2. The summed E-state index contributed by atoms with van der Waals surface area (Å²) in [5.41, 5.74) is 2.77. The van der Waals surface area contributed by atoms with Crippen LogP contribution in [-0.2, 0) is 0 Å². The van der Waals surface area contributed by atoms with Crippen molar-refractivity contribution in [1.82, 2.24) is 14.9 Å². The van der Waals surface area contributed by atoms with E-state index in [4.69, 9.17) is 0 Å². The van der Waals surface area contributed by atoms with E-state index in [1.807, 2.05) is 30.3 Å². The van der Waals surface area contributed by atoms with Gasteiger partial charge in [0, 0.05) is 42.1 Å². The van der Waals surface area contributed by atoms with Gasteiger partial charge in [0.25, 0.3) is 5.91 Å². The second kappa shape index (κ2) is 10.9. The number of hydrogen-bond donors (Lipinski definition) is 5. The van der Waals surface area contributed by atoms with Crippen LogP contribution in [0, 0.1) is 0 Å². The van der Waals surface area contributed by atoms with Crippen molar-refractivity contribution in [2.75, 3.05) is 22.5 Å². The maximum Gasteiger partial charge on any atom is 0.352 e. The van der Waals surface area contributed by atoms with Crippen LogP contribution in [0.2, 0.25) is 0 Å². The van der Waals surface area contributed by atoms with Crippen molar-refractivity contribution >= 4 is 40.8 Å². The van der Waals surface area contributed by atoms with Gasteiger partial charge in [-0.1, -0.05) is 18.2 Å². The number of para-hydroxylation sites is 1. The summed E-state index contributed by atoms with van der Waals surface area (Å²) in [6.45, 7) is 2.27. The molecule has 5 N–H and O–H groups in total. The zero-order valence-electron chi connectivity index (χ0n) is 19.4. The Morgan fingerprint density at radius 1 is 0.917 bits per heavy atom. The molecule has 4 rings (SSSR count). The van der Waals surface area contributed by atoms with Crippen LogP contribution in [-0.4, -0.2) is 39.1 Å². The standard InChI is InChI=1S/C26H24N6O4/c1-2-27-26(36)31-23-15-21(29-17-7-4-3-5-8-17)20(16-28-23)24(33)30-18-10-12-19(13-11-18)32-14-6-9-22(32)25(34)35/h3-16H,2H2,1H3,(H,30,33)(H,34,35)(H3,27,28,29,31,36). The monoisotopic (exact) mass is 484 g/mol. The quantitative estimate of drug-likeness (QED) is 0.246. The number of anilines is 4. The molecule has 36 heavy (non-hydrogen) atoms. The summed E-state index contributed by atoms with van der Waals surface area (Å²) in [5.74, 6) is -1.17. The highest BCUT2D eigenvalue weighted by Gasteiger charge is 2.16. The Morgan fingerprint density at radius 3 is 2.36 bits per heavy atom. The van der Waals surface area contributed by atoms with Gasteiger partial charge >= 0.3 is 12.0 Å². The third kappa shape index (κ3) is 5.68. The molecule has 2 aromatic heterocycles. The number of nitrogens with zero attached hydrogens (tertiary/aromatic N) is 2. The van der Waals surface area contributed by atoms with Crippen LogP contribution in [0.25, 0.3) is 5.69 Å². The molecule has 0 spiro atoms. The number of rotatable bonds is 8. The molecule has 0 atom stereocenters. The molecule has 2 aromatic carbocycles. The van der Waals surface area contributed by atoms with Gasteiger partial charge in [-0.05, 0) is 55.5 Å². The highest BCUT2D eigenvalue weighted by molar-refractivity contribution is 6.08. The van der Waals surface area contributed by atoms with E-state index in [1.54, 1.807) is 54.1 Å². The fourth-order valence-electron chi connectivity index (χ4n) is 3.49. The molecule has 0 aliphatic rings. The lowest BCUT2D eigenvalue weighted by atomic mass is 10.2. The van der Waals surface area contributed by atoms with Crippen LogP contribution in [0.1, 0.15) is 27.8 Å². The van der Waals surface area contributed by atoms with Gasteiger partial charge in [-0.2, -0.15) is 0 Å². The van der Waals surface area contributed by atoms with E-state index in [-0.39, 0.29) is 17.1 Å². The molecule has 0 fully saturated rings. The summed E-state index contributed by atoms with van der Waals surface area (Å²) in [4.78, 5) is 40.7.